The van der Waals surface area contributed by atoms with E-state index < -0.39 is 57.6 Å². The fraction of sp³-hybridized carbons (Fsp3) is 0.250. The van der Waals surface area contributed by atoms with Gasteiger partial charge in [-0.1, -0.05) is 91.0 Å². The van der Waals surface area contributed by atoms with Gasteiger partial charge in [0.15, 0.2) is 16.6 Å². The number of para-hydroxylation sites is 3. The number of fused-ring (bicyclic) bond motifs is 3. The van der Waals surface area contributed by atoms with E-state index in [1.54, 1.807) is 54.6 Å². The number of nitrogens with two attached hydrogens (primary N) is 6. The Kier molecular flexibility index (Phi) is 17.8. The summed E-state index contributed by atoms with van der Waals surface area (Å²) in [5.41, 5.74) is 38.5. The lowest BCUT2D eigenvalue weighted by atomic mass is 9.84. The monoisotopic (exact) mass is 1100 g/mol. The molecule has 82 heavy (non-hydrogen) atoms. The molecule has 18 nitrogen and oxygen atoms in total. The van der Waals surface area contributed by atoms with Crippen molar-refractivity contribution in [3.8, 4) is 0 Å². The summed E-state index contributed by atoms with van der Waals surface area (Å²) < 4.78 is 0. The SMILES string of the molecule is NCCCC[C@@](N)(C(=O)Nc1ccc(C(c2ccc(NC(=O)[C@](N)(CCCCN)C(=O)c3cc4ccccc4[nH]3)cc2)c2ccc(NC(=O)[C@](N)(CCCCN)C(=O)c3cc4ccccc4[nH]3)cc2)cc1)C(=O)c1cc2ccccc2[nH]1. The van der Waals surface area contributed by atoms with Gasteiger partial charge in [0, 0.05) is 55.7 Å². The van der Waals surface area contributed by atoms with Crippen LogP contribution in [0.1, 0.15) is 112 Å². The van der Waals surface area contributed by atoms with Crippen molar-refractivity contribution in [1.29, 1.82) is 0 Å². The van der Waals surface area contributed by atoms with Crippen molar-refractivity contribution >= 4 is 84.8 Å². The van der Waals surface area contributed by atoms with Crippen molar-refractivity contribution in [2.75, 3.05) is 35.6 Å². The average Bonchev–Trinajstić information content (AvgIpc) is 4.40. The molecule has 0 unspecified atom stereocenters. The quantitative estimate of drug-likeness (QED) is 0.0100. The molecule has 0 radical (unpaired) electrons. The second-order valence-electron chi connectivity index (χ2n) is 21.1. The van der Waals surface area contributed by atoms with E-state index in [-0.39, 0.29) is 36.3 Å². The minimum atomic E-state index is -1.93. The van der Waals surface area contributed by atoms with Gasteiger partial charge in [0.25, 0.3) is 17.7 Å². The standard InChI is InChI=1S/C64H70N12O6/c65-34-10-7-31-62(68,56(77)52-37-43-13-1-4-16-49(43)74-52)59(80)71-46-25-19-40(20-26-46)55(41-21-27-47(28-22-41)72-60(81)63(69,32-8-11-35-66)57(78)53-38-44-14-2-5-17-50(44)75-53)42-23-29-48(30-24-42)73-61(82)64(70,33-9-12-36-67)58(79)54-39-45-15-3-6-18-51(45)76-54/h1-6,13-30,37-39,55,74-76H,7-12,31-36,65-70H2,(H,71,80)(H,72,81)(H,73,82)/t62-,63-,64-/m0/s1. The summed E-state index contributed by atoms with van der Waals surface area (Å²) in [6.45, 7) is 1.10. The third-order valence-corrected chi connectivity index (χ3v) is 15.3. The highest BCUT2D eigenvalue weighted by Gasteiger charge is 2.45. The van der Waals surface area contributed by atoms with E-state index in [0.29, 0.717) is 75.2 Å². The van der Waals surface area contributed by atoms with Crippen LogP contribution in [0.25, 0.3) is 32.7 Å². The van der Waals surface area contributed by atoms with Crippen molar-refractivity contribution in [2.24, 2.45) is 34.4 Å². The van der Waals surface area contributed by atoms with Crippen LogP contribution < -0.4 is 50.4 Å². The molecule has 9 rings (SSSR count). The van der Waals surface area contributed by atoms with Crippen LogP contribution in [0.2, 0.25) is 0 Å². The van der Waals surface area contributed by atoms with Crippen LogP contribution in [0.3, 0.4) is 0 Å². The van der Waals surface area contributed by atoms with Gasteiger partial charge in [-0.15, -0.1) is 0 Å². The summed E-state index contributed by atoms with van der Waals surface area (Å²) in [6.07, 6.45) is 3.16. The zero-order valence-corrected chi connectivity index (χ0v) is 45.6. The molecule has 6 aromatic carbocycles. The van der Waals surface area contributed by atoms with Crippen LogP contribution in [-0.2, 0) is 14.4 Å². The highest BCUT2D eigenvalue weighted by Crippen LogP contribution is 2.36. The molecular weight excluding hydrogens is 1030 g/mol. The van der Waals surface area contributed by atoms with Gasteiger partial charge in [0.2, 0.25) is 17.3 Å². The first-order valence-electron chi connectivity index (χ1n) is 27.7. The molecule has 0 saturated carbocycles. The Labute approximate surface area is 474 Å². The number of hydrogen-bond acceptors (Lipinski definition) is 12. The maximum atomic E-state index is 14.3. The van der Waals surface area contributed by atoms with Crippen molar-refractivity contribution in [2.45, 2.75) is 80.3 Å². The minimum Gasteiger partial charge on any atom is -0.352 e. The Bertz CT molecular complexity index is 3270. The number of benzene rings is 6. The van der Waals surface area contributed by atoms with E-state index in [0.717, 1.165) is 49.4 Å². The molecule has 0 saturated heterocycles. The van der Waals surface area contributed by atoms with Crippen LogP contribution in [0, 0.1) is 0 Å². The molecule has 3 atom stereocenters. The van der Waals surface area contributed by atoms with Crippen molar-refractivity contribution in [3.63, 3.8) is 0 Å². The predicted molar refractivity (Wildman–Crippen MR) is 324 cm³/mol. The van der Waals surface area contributed by atoms with E-state index in [1.165, 1.54) is 0 Å². The van der Waals surface area contributed by atoms with Crippen molar-refractivity contribution in [3.05, 3.63) is 198 Å². The molecule has 0 bridgehead atoms. The summed E-state index contributed by atoms with van der Waals surface area (Å²) in [7, 11) is 0. The number of carbonyl (C=O) groups is 6. The number of unbranched alkanes of at least 4 members (excludes halogenated alkanes) is 3. The number of nitrogens with one attached hydrogen (secondary N) is 6. The zero-order chi connectivity index (χ0) is 58.0. The van der Waals surface area contributed by atoms with Crippen LogP contribution in [0.5, 0.6) is 0 Å². The first kappa shape index (κ1) is 57.8. The van der Waals surface area contributed by atoms with Gasteiger partial charge in [-0.3, -0.25) is 28.8 Å². The lowest BCUT2D eigenvalue weighted by molar-refractivity contribution is -0.120. The minimum absolute atomic E-state index is 0.0547. The summed E-state index contributed by atoms with van der Waals surface area (Å²) in [5.74, 6) is -4.19. The highest BCUT2D eigenvalue weighted by molar-refractivity contribution is 6.23. The Balaban J connectivity index is 1.00. The summed E-state index contributed by atoms with van der Waals surface area (Å²) in [4.78, 5) is 94.7. The first-order valence-corrected chi connectivity index (χ1v) is 27.7. The molecule has 0 aliphatic rings. The number of H-pyrrole nitrogens is 3. The number of aromatic amines is 3. The van der Waals surface area contributed by atoms with Crippen LogP contribution in [0.4, 0.5) is 17.1 Å². The molecule has 18 N–H and O–H groups in total. The molecule has 422 valence electrons. The second kappa shape index (κ2) is 25.3. The molecule has 0 fully saturated rings. The summed E-state index contributed by atoms with van der Waals surface area (Å²) in [6, 6.07) is 48.7. The second-order valence-corrected chi connectivity index (χ2v) is 21.1. The van der Waals surface area contributed by atoms with Crippen molar-refractivity contribution in [1.82, 2.24) is 15.0 Å². The number of aromatic nitrogens is 3. The van der Waals surface area contributed by atoms with E-state index in [4.69, 9.17) is 34.4 Å². The van der Waals surface area contributed by atoms with E-state index in [9.17, 15) is 28.8 Å². The van der Waals surface area contributed by atoms with Crippen LogP contribution >= 0.6 is 0 Å². The van der Waals surface area contributed by atoms with Crippen molar-refractivity contribution < 1.29 is 28.8 Å². The molecule has 0 spiro atoms. The molecule has 0 aliphatic heterocycles. The van der Waals surface area contributed by atoms with Gasteiger partial charge in [0.05, 0.1) is 17.1 Å². The topological polar surface area (TPSA) is 342 Å². The summed E-state index contributed by atoms with van der Waals surface area (Å²) >= 11 is 0. The Morgan fingerprint density at radius 2 is 0.622 bits per heavy atom. The third-order valence-electron chi connectivity index (χ3n) is 15.3. The fourth-order valence-corrected chi connectivity index (χ4v) is 10.5. The average molecular weight is 1100 g/mol. The van der Waals surface area contributed by atoms with Gasteiger partial charge in [0.1, 0.15) is 0 Å². The molecule has 9 aromatic rings. The molecule has 3 amide bonds. The smallest absolute Gasteiger partial charge is 0.252 e. The number of rotatable bonds is 27. The number of ketones is 3. The largest absolute Gasteiger partial charge is 0.352 e. The van der Waals surface area contributed by atoms with E-state index in [1.807, 2.05) is 109 Å². The van der Waals surface area contributed by atoms with Gasteiger partial charge >= 0.3 is 0 Å². The number of Topliss-reactive ketones (excluding diaryl/α,β-unsaturated/α-hetero) is 3. The Hall–Kier alpha value is -8.88. The molecular formula is C64H70N12O6. The van der Waals surface area contributed by atoms with E-state index >= 15 is 0 Å². The Morgan fingerprint density at radius 1 is 0.366 bits per heavy atom. The number of amides is 3. The number of anilines is 3. The van der Waals surface area contributed by atoms with Crippen LogP contribution in [-0.4, -0.2) is 86.3 Å². The maximum absolute atomic E-state index is 14.3. The van der Waals surface area contributed by atoms with Gasteiger partial charge in [-0.25, -0.2) is 0 Å². The predicted octanol–water partition coefficient (Wildman–Crippen LogP) is 8.25. The number of hydrogen-bond donors (Lipinski definition) is 12. The van der Waals surface area contributed by atoms with Gasteiger partial charge in [-0.2, -0.15) is 0 Å². The third kappa shape index (κ3) is 12.4. The lowest BCUT2D eigenvalue weighted by Gasteiger charge is -2.27. The maximum Gasteiger partial charge on any atom is 0.252 e. The zero-order valence-electron chi connectivity index (χ0n) is 45.6. The molecule has 3 aromatic heterocycles. The molecule has 0 aliphatic carbocycles. The first-order chi connectivity index (χ1) is 39.6. The fourth-order valence-electron chi connectivity index (χ4n) is 10.5. The number of carbonyl (C=O) groups excluding carboxylic acids is 6. The lowest BCUT2D eigenvalue weighted by Crippen LogP contribution is -2.57. The molecule has 18 heteroatoms. The van der Waals surface area contributed by atoms with Gasteiger partial charge in [-0.05, 0) is 167 Å². The van der Waals surface area contributed by atoms with Crippen LogP contribution in [0.15, 0.2) is 164 Å². The molecule has 3 heterocycles. The summed E-state index contributed by atoms with van der Waals surface area (Å²) in [5, 5.41) is 11.1. The highest BCUT2D eigenvalue weighted by atomic mass is 16.2. The van der Waals surface area contributed by atoms with Gasteiger partial charge < -0.3 is 65.3 Å². The van der Waals surface area contributed by atoms with E-state index in [2.05, 4.69) is 30.9 Å². The normalized spacial score (nSPS) is 13.8. The Morgan fingerprint density at radius 3 is 0.866 bits per heavy atom.